The highest BCUT2D eigenvalue weighted by Gasteiger charge is 2.17. The molecule has 1 nitrogen and oxygen atoms in total. The molecular weight excluding hydrogens is 190 g/mol. The van der Waals surface area contributed by atoms with Gasteiger partial charge in [0.1, 0.15) is 0 Å². The van der Waals surface area contributed by atoms with Crippen molar-refractivity contribution in [1.29, 1.82) is 0 Å². The molecule has 3 rings (SSSR count). The van der Waals surface area contributed by atoms with Crippen molar-refractivity contribution in [2.75, 3.05) is 0 Å². The molecule has 14 heavy (non-hydrogen) atoms. The Kier molecular flexibility index (Phi) is 1.71. The van der Waals surface area contributed by atoms with Crippen LogP contribution in [-0.4, -0.2) is 4.98 Å². The van der Waals surface area contributed by atoms with Crippen LogP contribution in [0.1, 0.15) is 16.8 Å². The van der Waals surface area contributed by atoms with Crippen LogP contribution in [0.3, 0.4) is 0 Å². The van der Waals surface area contributed by atoms with E-state index in [4.69, 9.17) is 0 Å². The van der Waals surface area contributed by atoms with Gasteiger partial charge in [-0.3, -0.25) is 4.98 Å². The monoisotopic (exact) mass is 201 g/mol. The topological polar surface area (TPSA) is 12.9 Å². The molecule has 0 saturated heterocycles. The number of pyridine rings is 1. The summed E-state index contributed by atoms with van der Waals surface area (Å²) in [6.07, 6.45) is 4.22. The fourth-order valence-corrected chi connectivity index (χ4v) is 3.01. The molecule has 0 fully saturated rings. The minimum absolute atomic E-state index is 1.10. The van der Waals surface area contributed by atoms with Crippen molar-refractivity contribution in [3.8, 4) is 10.4 Å². The number of aryl methyl sites for hydroxylation is 3. The summed E-state index contributed by atoms with van der Waals surface area (Å²) in [7, 11) is 0. The molecule has 0 radical (unpaired) electrons. The molecule has 0 amide bonds. The molecule has 1 aliphatic rings. The summed E-state index contributed by atoms with van der Waals surface area (Å²) in [5, 5.41) is 2.18. The summed E-state index contributed by atoms with van der Waals surface area (Å²) in [4.78, 5) is 5.94. The standard InChI is InChI=1S/C12H11NS/c1-8-6-10-11(13-7-8)3-2-9-4-5-14-12(9)10/h4-7H,2-3H2,1H3. The number of fused-ring (bicyclic) bond motifs is 3. The number of nitrogens with zero attached hydrogens (tertiary/aromatic N) is 1. The first-order valence-corrected chi connectivity index (χ1v) is 5.75. The molecule has 0 spiro atoms. The minimum atomic E-state index is 1.10. The Bertz CT molecular complexity index is 485. The summed E-state index contributed by atoms with van der Waals surface area (Å²) in [6, 6.07) is 4.50. The first-order chi connectivity index (χ1) is 6.84. The van der Waals surface area contributed by atoms with E-state index in [1.807, 2.05) is 17.5 Å². The van der Waals surface area contributed by atoms with Crippen LogP contribution >= 0.6 is 11.3 Å². The van der Waals surface area contributed by atoms with Crippen molar-refractivity contribution in [2.45, 2.75) is 19.8 Å². The normalized spacial score (nSPS) is 13.5. The van der Waals surface area contributed by atoms with Crippen LogP contribution in [-0.2, 0) is 12.8 Å². The zero-order valence-electron chi connectivity index (χ0n) is 8.08. The van der Waals surface area contributed by atoms with Gasteiger partial charge in [-0.15, -0.1) is 11.3 Å². The lowest BCUT2D eigenvalue weighted by atomic mass is 9.95. The third kappa shape index (κ3) is 1.11. The van der Waals surface area contributed by atoms with Crippen LogP contribution in [0.2, 0.25) is 0 Å². The molecule has 0 bridgehead atoms. The van der Waals surface area contributed by atoms with Gasteiger partial charge in [-0.1, -0.05) is 0 Å². The lowest BCUT2D eigenvalue weighted by molar-refractivity contribution is 0.900. The number of rotatable bonds is 0. The van der Waals surface area contributed by atoms with Crippen molar-refractivity contribution >= 4 is 11.3 Å². The molecule has 0 aliphatic heterocycles. The second-order valence-corrected chi connectivity index (χ2v) is 4.70. The van der Waals surface area contributed by atoms with Gasteiger partial charge in [0.05, 0.1) is 0 Å². The predicted molar refractivity (Wildman–Crippen MR) is 59.7 cm³/mol. The van der Waals surface area contributed by atoms with Gasteiger partial charge in [-0.05, 0) is 48.4 Å². The van der Waals surface area contributed by atoms with Crippen LogP contribution in [0.15, 0.2) is 23.7 Å². The van der Waals surface area contributed by atoms with Gasteiger partial charge in [0.2, 0.25) is 0 Å². The van der Waals surface area contributed by atoms with Gasteiger partial charge >= 0.3 is 0 Å². The molecule has 0 atom stereocenters. The van der Waals surface area contributed by atoms with Crippen molar-refractivity contribution in [2.24, 2.45) is 0 Å². The average Bonchev–Trinajstić information content (AvgIpc) is 2.65. The van der Waals surface area contributed by atoms with Crippen LogP contribution in [0.4, 0.5) is 0 Å². The maximum atomic E-state index is 4.50. The van der Waals surface area contributed by atoms with Crippen LogP contribution in [0.25, 0.3) is 10.4 Å². The zero-order chi connectivity index (χ0) is 9.54. The first-order valence-electron chi connectivity index (χ1n) is 4.87. The van der Waals surface area contributed by atoms with E-state index in [1.54, 1.807) is 0 Å². The van der Waals surface area contributed by atoms with E-state index in [9.17, 15) is 0 Å². The zero-order valence-corrected chi connectivity index (χ0v) is 8.90. The van der Waals surface area contributed by atoms with Gasteiger partial charge in [0.15, 0.2) is 0 Å². The first kappa shape index (κ1) is 8.18. The van der Waals surface area contributed by atoms with Crippen LogP contribution < -0.4 is 0 Å². The quantitative estimate of drug-likeness (QED) is 0.637. The van der Waals surface area contributed by atoms with Crippen molar-refractivity contribution in [3.63, 3.8) is 0 Å². The van der Waals surface area contributed by atoms with E-state index < -0.39 is 0 Å². The molecule has 2 aromatic heterocycles. The Morgan fingerprint density at radius 3 is 3.21 bits per heavy atom. The molecule has 70 valence electrons. The lowest BCUT2D eigenvalue weighted by Gasteiger charge is -2.15. The maximum Gasteiger partial charge on any atom is 0.0493 e. The summed E-state index contributed by atoms with van der Waals surface area (Å²) >= 11 is 1.84. The summed E-state index contributed by atoms with van der Waals surface area (Å²) < 4.78 is 0. The Labute approximate surface area is 87.4 Å². The molecule has 0 aromatic carbocycles. The fourth-order valence-electron chi connectivity index (χ4n) is 2.02. The van der Waals surface area contributed by atoms with Gasteiger partial charge in [0.25, 0.3) is 0 Å². The smallest absolute Gasteiger partial charge is 0.0493 e. The van der Waals surface area contributed by atoms with E-state index in [0.29, 0.717) is 0 Å². The average molecular weight is 201 g/mol. The number of hydrogen-bond donors (Lipinski definition) is 0. The van der Waals surface area contributed by atoms with Gasteiger partial charge in [-0.25, -0.2) is 0 Å². The Morgan fingerprint density at radius 1 is 1.36 bits per heavy atom. The molecule has 0 N–H and O–H groups in total. The Morgan fingerprint density at radius 2 is 2.29 bits per heavy atom. The molecular formula is C12H11NS. The molecule has 2 heteroatoms. The molecule has 2 heterocycles. The van der Waals surface area contributed by atoms with Crippen LogP contribution in [0, 0.1) is 6.92 Å². The van der Waals surface area contributed by atoms with Gasteiger partial charge in [0, 0.05) is 22.3 Å². The summed E-state index contributed by atoms with van der Waals surface area (Å²) in [5.74, 6) is 0. The highest BCUT2D eigenvalue weighted by molar-refractivity contribution is 7.13. The van der Waals surface area contributed by atoms with Crippen molar-refractivity contribution < 1.29 is 0 Å². The molecule has 0 saturated carbocycles. The van der Waals surface area contributed by atoms with Crippen molar-refractivity contribution in [1.82, 2.24) is 4.98 Å². The third-order valence-corrected chi connectivity index (χ3v) is 3.72. The van der Waals surface area contributed by atoms with E-state index in [-0.39, 0.29) is 0 Å². The summed E-state index contributed by atoms with van der Waals surface area (Å²) in [5.41, 5.74) is 5.38. The second-order valence-electron chi connectivity index (χ2n) is 3.78. The second kappa shape index (κ2) is 2.92. The molecule has 2 aromatic rings. The lowest BCUT2D eigenvalue weighted by Crippen LogP contribution is -2.03. The van der Waals surface area contributed by atoms with Crippen LogP contribution in [0.5, 0.6) is 0 Å². The van der Waals surface area contributed by atoms with Gasteiger partial charge < -0.3 is 0 Å². The minimum Gasteiger partial charge on any atom is -0.260 e. The number of thiophene rings is 1. The summed E-state index contributed by atoms with van der Waals surface area (Å²) in [6.45, 7) is 2.11. The Balaban J connectivity index is 2.28. The maximum absolute atomic E-state index is 4.50. The third-order valence-electron chi connectivity index (χ3n) is 2.73. The number of hydrogen-bond acceptors (Lipinski definition) is 2. The molecule has 1 aliphatic carbocycles. The van der Waals surface area contributed by atoms with E-state index in [1.165, 1.54) is 27.3 Å². The van der Waals surface area contributed by atoms with E-state index >= 15 is 0 Å². The fraction of sp³-hybridized carbons (Fsp3) is 0.250. The van der Waals surface area contributed by atoms with Crippen molar-refractivity contribution in [3.05, 3.63) is 40.5 Å². The largest absolute Gasteiger partial charge is 0.260 e. The van der Waals surface area contributed by atoms with E-state index in [0.717, 1.165) is 12.8 Å². The van der Waals surface area contributed by atoms with Gasteiger partial charge in [-0.2, -0.15) is 0 Å². The number of aromatic nitrogens is 1. The van der Waals surface area contributed by atoms with E-state index in [2.05, 4.69) is 29.4 Å². The molecule has 0 unspecified atom stereocenters. The predicted octanol–water partition coefficient (Wildman–Crippen LogP) is 3.22. The SMILES string of the molecule is Cc1cnc2c(c1)-c1sccc1CC2. The highest BCUT2D eigenvalue weighted by Crippen LogP contribution is 2.36. The Hall–Kier alpha value is -1.15. The highest BCUT2D eigenvalue weighted by atomic mass is 32.1.